The van der Waals surface area contributed by atoms with E-state index in [1.807, 2.05) is 48.7 Å². The van der Waals surface area contributed by atoms with Crippen molar-refractivity contribution in [2.45, 2.75) is 57.0 Å². The Balaban J connectivity index is 1.22. The van der Waals surface area contributed by atoms with Crippen LogP contribution >= 0.6 is 0 Å². The second kappa shape index (κ2) is 14.2. The predicted molar refractivity (Wildman–Crippen MR) is 193 cm³/mol. The van der Waals surface area contributed by atoms with Gasteiger partial charge in [0.15, 0.2) is 5.82 Å². The van der Waals surface area contributed by atoms with Crippen LogP contribution in [-0.2, 0) is 28.0 Å². The summed E-state index contributed by atoms with van der Waals surface area (Å²) >= 11 is 0. The molecule has 5 aromatic rings. The van der Waals surface area contributed by atoms with E-state index in [9.17, 15) is 14.0 Å². The van der Waals surface area contributed by atoms with Crippen LogP contribution in [0.3, 0.4) is 0 Å². The van der Waals surface area contributed by atoms with Crippen LogP contribution in [0.1, 0.15) is 65.8 Å². The van der Waals surface area contributed by atoms with Crippen LogP contribution in [-0.4, -0.2) is 54.7 Å². The number of methoxy groups -OCH3 is 4. The minimum Gasteiger partial charge on any atom is -0.497 e. The Labute approximate surface area is 301 Å². The molecule has 2 N–H and O–H groups in total. The van der Waals surface area contributed by atoms with Crippen LogP contribution in [0.25, 0.3) is 16.8 Å². The first kappa shape index (κ1) is 34.8. The molecule has 270 valence electrons. The van der Waals surface area contributed by atoms with E-state index < -0.39 is 17.1 Å². The van der Waals surface area contributed by atoms with E-state index in [2.05, 4.69) is 15.0 Å². The first-order valence-electron chi connectivity index (χ1n) is 17.3. The number of hydrogen-bond donors (Lipinski definition) is 2. The fourth-order valence-corrected chi connectivity index (χ4v) is 7.88. The van der Waals surface area contributed by atoms with Crippen molar-refractivity contribution in [1.29, 1.82) is 0 Å². The van der Waals surface area contributed by atoms with Crippen LogP contribution in [0.5, 0.6) is 17.2 Å². The third-order valence-corrected chi connectivity index (χ3v) is 10.9. The van der Waals surface area contributed by atoms with E-state index >= 15 is 0 Å². The molecule has 2 heterocycles. The predicted octanol–water partition coefficient (Wildman–Crippen LogP) is 6.87. The normalized spacial score (nSPS) is 19.2. The van der Waals surface area contributed by atoms with Crippen LogP contribution in [0.2, 0.25) is 0 Å². The van der Waals surface area contributed by atoms with Gasteiger partial charge in [-0.15, -0.1) is 0 Å². The molecule has 0 spiro atoms. The summed E-state index contributed by atoms with van der Waals surface area (Å²) in [6.45, 7) is 0.679. The molecule has 3 aliphatic rings. The van der Waals surface area contributed by atoms with Gasteiger partial charge in [-0.05, 0) is 74.4 Å². The summed E-state index contributed by atoms with van der Waals surface area (Å²) < 4.78 is 37.6. The van der Waals surface area contributed by atoms with Crippen LogP contribution < -0.4 is 24.8 Å². The van der Waals surface area contributed by atoms with E-state index in [1.165, 1.54) is 26.4 Å². The van der Waals surface area contributed by atoms with E-state index in [0.29, 0.717) is 29.6 Å². The highest BCUT2D eigenvalue weighted by Crippen LogP contribution is 2.58. The molecular weight excluding hydrogens is 665 g/mol. The van der Waals surface area contributed by atoms with Gasteiger partial charge in [0.2, 0.25) is 0 Å². The maximum Gasteiger partial charge on any atom is 0.311 e. The third kappa shape index (κ3) is 6.26. The first-order valence-corrected chi connectivity index (χ1v) is 17.3. The van der Waals surface area contributed by atoms with Crippen LogP contribution in [0.15, 0.2) is 73.1 Å². The molecule has 12 heteroatoms. The largest absolute Gasteiger partial charge is 0.497 e. The maximum absolute atomic E-state index is 13.9. The average Bonchev–Trinajstić information content (AvgIpc) is 3.61. The number of halogens is 1. The molecule has 0 aliphatic heterocycles. The van der Waals surface area contributed by atoms with Crippen molar-refractivity contribution < 1.29 is 32.9 Å². The SMILES string of the molecule is COC(=O)C12CCC(c3nc(-c4ccc(CNC(=O)c5cc(F)ccc5OC)cc4)c4c(NCc5ccc(OC)cc5OC)nccn34)(CC1)CC2. The zero-order chi connectivity index (χ0) is 36.5. The van der Waals surface area contributed by atoms with Gasteiger partial charge in [0.05, 0.1) is 39.4 Å². The number of imidazole rings is 1. The second-order valence-corrected chi connectivity index (χ2v) is 13.6. The Bertz CT molecular complexity index is 2110. The Morgan fingerprint density at radius 3 is 2.25 bits per heavy atom. The number of nitrogens with zero attached hydrogens (tertiary/aromatic N) is 3. The molecule has 1 amide bonds. The van der Waals surface area contributed by atoms with Gasteiger partial charge in [0.25, 0.3) is 5.91 Å². The van der Waals surface area contributed by atoms with Gasteiger partial charge < -0.3 is 29.6 Å². The first-order chi connectivity index (χ1) is 25.2. The zero-order valence-electron chi connectivity index (χ0n) is 29.8. The van der Waals surface area contributed by atoms with Gasteiger partial charge in [-0.2, -0.15) is 0 Å². The topological polar surface area (TPSA) is 125 Å². The van der Waals surface area contributed by atoms with Gasteiger partial charge in [0.1, 0.15) is 40.1 Å². The number of hydrogen-bond acceptors (Lipinski definition) is 9. The maximum atomic E-state index is 13.9. The zero-order valence-corrected chi connectivity index (χ0v) is 29.8. The summed E-state index contributed by atoms with van der Waals surface area (Å²) in [7, 11) is 6.18. The molecular formula is C40H42FN5O6. The Hall–Kier alpha value is -5.65. The third-order valence-electron chi connectivity index (χ3n) is 10.9. The molecule has 0 radical (unpaired) electrons. The Morgan fingerprint density at radius 2 is 1.58 bits per heavy atom. The number of esters is 1. The van der Waals surface area contributed by atoms with Crippen molar-refractivity contribution in [1.82, 2.24) is 19.7 Å². The summed E-state index contributed by atoms with van der Waals surface area (Å²) in [6, 6.07) is 17.4. The molecule has 0 unspecified atom stereocenters. The summed E-state index contributed by atoms with van der Waals surface area (Å²) in [5.74, 6) is 2.27. The van der Waals surface area contributed by atoms with Crippen molar-refractivity contribution in [3.8, 4) is 28.5 Å². The molecule has 0 atom stereocenters. The highest BCUT2D eigenvalue weighted by Gasteiger charge is 2.55. The smallest absolute Gasteiger partial charge is 0.311 e. The number of anilines is 1. The number of fused-ring (bicyclic) bond motifs is 4. The van der Waals surface area contributed by atoms with Crippen LogP contribution in [0, 0.1) is 11.2 Å². The molecule has 3 aliphatic carbocycles. The molecule has 3 saturated carbocycles. The van der Waals surface area contributed by atoms with Gasteiger partial charge in [-0.3, -0.25) is 14.0 Å². The molecule has 2 bridgehead atoms. The number of carbonyl (C=O) groups is 2. The Kier molecular flexibility index (Phi) is 9.48. The lowest BCUT2D eigenvalue weighted by atomic mass is 9.53. The summed E-state index contributed by atoms with van der Waals surface area (Å²) in [6.07, 6.45) is 8.56. The molecule has 3 fully saturated rings. The number of rotatable bonds is 12. The fourth-order valence-electron chi connectivity index (χ4n) is 7.88. The minimum atomic E-state index is -0.516. The lowest BCUT2D eigenvalue weighted by molar-refractivity contribution is -0.160. The molecule has 8 rings (SSSR count). The number of benzene rings is 3. The van der Waals surface area contributed by atoms with Crippen molar-refractivity contribution in [3.63, 3.8) is 0 Å². The molecule has 0 saturated heterocycles. The van der Waals surface area contributed by atoms with Gasteiger partial charge >= 0.3 is 5.97 Å². The van der Waals surface area contributed by atoms with Crippen molar-refractivity contribution in [2.24, 2.45) is 5.41 Å². The van der Waals surface area contributed by atoms with Gasteiger partial charge in [-0.1, -0.05) is 24.3 Å². The van der Waals surface area contributed by atoms with Gasteiger partial charge in [0, 0.05) is 48.1 Å². The second-order valence-electron chi connectivity index (χ2n) is 13.6. The number of carbonyl (C=O) groups excluding carboxylic acids is 2. The van der Waals surface area contributed by atoms with E-state index in [-0.39, 0.29) is 23.5 Å². The lowest BCUT2D eigenvalue weighted by Gasteiger charge is -2.51. The summed E-state index contributed by atoms with van der Waals surface area (Å²) in [4.78, 5) is 35.9. The van der Waals surface area contributed by atoms with E-state index in [1.54, 1.807) is 20.4 Å². The van der Waals surface area contributed by atoms with Crippen molar-refractivity contribution in [3.05, 3.63) is 101 Å². The number of nitrogens with one attached hydrogen (secondary N) is 2. The molecule has 52 heavy (non-hydrogen) atoms. The van der Waals surface area contributed by atoms with Gasteiger partial charge in [-0.25, -0.2) is 14.4 Å². The van der Waals surface area contributed by atoms with Crippen molar-refractivity contribution in [2.75, 3.05) is 33.8 Å². The summed E-state index contributed by atoms with van der Waals surface area (Å²) in [5.41, 5.74) is 3.82. The number of ether oxygens (including phenoxy) is 4. The summed E-state index contributed by atoms with van der Waals surface area (Å²) in [5, 5.41) is 6.41. The Morgan fingerprint density at radius 1 is 0.846 bits per heavy atom. The quantitative estimate of drug-likeness (QED) is 0.134. The minimum absolute atomic E-state index is 0.106. The highest BCUT2D eigenvalue weighted by atomic mass is 19.1. The number of amides is 1. The average molecular weight is 708 g/mol. The van der Waals surface area contributed by atoms with E-state index in [0.717, 1.165) is 78.3 Å². The monoisotopic (exact) mass is 707 g/mol. The highest BCUT2D eigenvalue weighted by molar-refractivity contribution is 5.97. The van der Waals surface area contributed by atoms with Crippen molar-refractivity contribution >= 4 is 23.2 Å². The fraction of sp³-hybridized carbons (Fsp3) is 0.350. The molecule has 2 aromatic heterocycles. The molecule has 11 nitrogen and oxygen atoms in total. The molecule has 3 aromatic carbocycles. The lowest BCUT2D eigenvalue weighted by Crippen LogP contribution is -2.49. The van der Waals surface area contributed by atoms with E-state index in [4.69, 9.17) is 28.9 Å². The standard InChI is InChI=1S/C40H42FN5O6/c1-49-29-11-9-27(32(22-29)51-3)24-43-35-34-33(26-7-5-25(6-8-26)23-44-36(47)30-21-28(41)10-12-31(30)50-2)45-37(46(34)20-19-42-35)39-13-16-40(17-14-39,18-15-39)38(48)52-4/h5-12,19-22H,13-18,23-24H2,1-4H3,(H,42,43)(H,44,47). The number of aromatic nitrogens is 3. The van der Waals surface area contributed by atoms with Crippen LogP contribution in [0.4, 0.5) is 10.2 Å².